The second kappa shape index (κ2) is 15.2. The molecule has 3 N–H and O–H groups in total. The first-order chi connectivity index (χ1) is 18.2. The summed E-state index contributed by atoms with van der Waals surface area (Å²) in [5.41, 5.74) is 2.32. The topological polar surface area (TPSA) is 118 Å². The number of allylic oxidation sites excluding steroid dienone is 3. The summed E-state index contributed by atoms with van der Waals surface area (Å²) >= 11 is 0. The van der Waals surface area contributed by atoms with Crippen molar-refractivity contribution in [3.8, 4) is 11.5 Å². The fourth-order valence-corrected chi connectivity index (χ4v) is 4.20. The Labute approximate surface area is 224 Å². The SMILES string of the molecule is C=C/C=C(/O)C=C.COc1ccnc(C(=O)N[C@H]2CCCC(Cc3ccc(C)cc3)CC(C)OC2=O)c1O. The van der Waals surface area contributed by atoms with Crippen molar-refractivity contribution in [2.24, 2.45) is 5.92 Å². The van der Waals surface area contributed by atoms with Gasteiger partial charge in [-0.05, 0) is 63.2 Å². The lowest BCUT2D eigenvalue weighted by Gasteiger charge is -2.20. The van der Waals surface area contributed by atoms with Gasteiger partial charge in [-0.3, -0.25) is 4.79 Å². The van der Waals surface area contributed by atoms with Crippen molar-refractivity contribution >= 4 is 11.9 Å². The normalized spacial score (nSPS) is 19.8. The van der Waals surface area contributed by atoms with Gasteiger partial charge >= 0.3 is 5.97 Å². The Morgan fingerprint density at radius 2 is 1.95 bits per heavy atom. The number of benzene rings is 1. The number of hydrogen-bond acceptors (Lipinski definition) is 7. The molecular formula is C30H38N2O6. The van der Waals surface area contributed by atoms with Crippen LogP contribution in [-0.2, 0) is 16.0 Å². The Kier molecular flexibility index (Phi) is 12.1. The van der Waals surface area contributed by atoms with E-state index in [1.165, 1.54) is 48.7 Å². The van der Waals surface area contributed by atoms with E-state index >= 15 is 0 Å². The van der Waals surface area contributed by atoms with Gasteiger partial charge in [0.2, 0.25) is 0 Å². The van der Waals surface area contributed by atoms with Crippen LogP contribution in [0.25, 0.3) is 0 Å². The molecule has 3 rings (SSSR count). The van der Waals surface area contributed by atoms with E-state index in [0.29, 0.717) is 12.3 Å². The molecule has 8 nitrogen and oxygen atoms in total. The highest BCUT2D eigenvalue weighted by Crippen LogP contribution is 2.28. The van der Waals surface area contributed by atoms with E-state index in [-0.39, 0.29) is 29.1 Å². The molecule has 1 saturated heterocycles. The standard InChI is InChI=1S/C24H30N2O5.C6H8O/c1-15-7-9-17(10-8-15)14-18-5-4-6-19(24(29)31-16(2)13-18)26-23(28)21-22(27)20(30-3)11-12-25-21;1-3-5-6(7)4-2/h7-12,16,18-19,27H,4-6,13-14H2,1-3H3,(H,26,28);3-5,7H,1-2H2/b;6-5+/t16?,18?,19-;/m0./s1. The van der Waals surface area contributed by atoms with Crippen molar-refractivity contribution in [1.82, 2.24) is 10.3 Å². The van der Waals surface area contributed by atoms with Crippen LogP contribution < -0.4 is 10.1 Å². The van der Waals surface area contributed by atoms with Gasteiger partial charge in [-0.1, -0.05) is 55.5 Å². The summed E-state index contributed by atoms with van der Waals surface area (Å²) in [6.07, 6.45) is 9.32. The maximum Gasteiger partial charge on any atom is 0.328 e. The third kappa shape index (κ3) is 9.42. The lowest BCUT2D eigenvalue weighted by atomic mass is 9.89. The molecule has 0 radical (unpaired) electrons. The minimum atomic E-state index is -0.791. The first kappa shape index (κ1) is 30.2. The number of cyclic esters (lactones) is 1. The maximum absolute atomic E-state index is 12.7. The quantitative estimate of drug-likeness (QED) is 0.254. The highest BCUT2D eigenvalue weighted by Gasteiger charge is 2.29. The van der Waals surface area contributed by atoms with Crippen molar-refractivity contribution in [3.05, 3.63) is 90.5 Å². The lowest BCUT2D eigenvalue weighted by molar-refractivity contribution is -0.151. The molecule has 2 heterocycles. The molecule has 1 aliphatic rings. The molecule has 0 bridgehead atoms. The average molecular weight is 523 g/mol. The van der Waals surface area contributed by atoms with Crippen LogP contribution in [-0.4, -0.2) is 46.3 Å². The smallest absolute Gasteiger partial charge is 0.328 e. The predicted molar refractivity (Wildman–Crippen MR) is 147 cm³/mol. The summed E-state index contributed by atoms with van der Waals surface area (Å²) in [6, 6.07) is 9.18. The zero-order valence-corrected chi connectivity index (χ0v) is 22.4. The molecule has 2 unspecified atom stereocenters. The molecule has 8 heteroatoms. The Balaban J connectivity index is 0.000000638. The number of ether oxygens (including phenoxy) is 2. The summed E-state index contributed by atoms with van der Waals surface area (Å²) in [4.78, 5) is 29.2. The number of nitrogens with one attached hydrogen (secondary N) is 1. The van der Waals surface area contributed by atoms with Gasteiger partial charge in [-0.15, -0.1) is 0 Å². The zero-order valence-electron chi connectivity index (χ0n) is 22.4. The van der Waals surface area contributed by atoms with Gasteiger partial charge in [0.05, 0.1) is 13.2 Å². The van der Waals surface area contributed by atoms with Crippen molar-refractivity contribution in [1.29, 1.82) is 0 Å². The molecule has 0 aliphatic carbocycles. The van der Waals surface area contributed by atoms with E-state index in [4.69, 9.17) is 14.6 Å². The number of aryl methyl sites for hydroxylation is 1. The third-order valence-electron chi connectivity index (χ3n) is 6.14. The van der Waals surface area contributed by atoms with E-state index in [9.17, 15) is 14.7 Å². The van der Waals surface area contributed by atoms with Crippen LogP contribution in [0.4, 0.5) is 0 Å². The van der Waals surface area contributed by atoms with Gasteiger partial charge in [0.15, 0.2) is 17.2 Å². The van der Waals surface area contributed by atoms with E-state index in [1.54, 1.807) is 0 Å². The highest BCUT2D eigenvalue weighted by molar-refractivity contribution is 5.97. The zero-order chi connectivity index (χ0) is 28.1. The maximum atomic E-state index is 12.7. The van der Waals surface area contributed by atoms with Crippen LogP contribution in [0.5, 0.6) is 11.5 Å². The van der Waals surface area contributed by atoms with Crippen molar-refractivity contribution < 1.29 is 29.3 Å². The number of carbonyl (C=O) groups is 2. The number of aliphatic hydroxyl groups is 1. The minimum absolute atomic E-state index is 0.143. The van der Waals surface area contributed by atoms with Crippen LogP contribution >= 0.6 is 0 Å². The van der Waals surface area contributed by atoms with Crippen LogP contribution in [0, 0.1) is 12.8 Å². The second-order valence-electron chi connectivity index (χ2n) is 9.24. The molecule has 1 fully saturated rings. The van der Waals surface area contributed by atoms with Gasteiger partial charge in [-0.2, -0.15) is 0 Å². The van der Waals surface area contributed by atoms with Gasteiger partial charge < -0.3 is 25.0 Å². The number of nitrogens with zero attached hydrogens (tertiary/aromatic N) is 1. The molecule has 0 saturated carbocycles. The van der Waals surface area contributed by atoms with Gasteiger partial charge in [0.1, 0.15) is 11.8 Å². The molecule has 1 aliphatic heterocycles. The molecule has 204 valence electrons. The number of aromatic nitrogens is 1. The van der Waals surface area contributed by atoms with Crippen LogP contribution in [0.1, 0.15) is 54.2 Å². The van der Waals surface area contributed by atoms with Crippen LogP contribution in [0.2, 0.25) is 0 Å². The number of aromatic hydroxyl groups is 1. The fraction of sp³-hybridized carbons (Fsp3) is 0.367. The highest BCUT2D eigenvalue weighted by atomic mass is 16.5. The monoisotopic (exact) mass is 522 g/mol. The summed E-state index contributed by atoms with van der Waals surface area (Å²) < 4.78 is 10.6. The van der Waals surface area contributed by atoms with E-state index in [0.717, 1.165) is 25.7 Å². The number of carbonyl (C=O) groups excluding carboxylic acids is 2. The number of amides is 1. The summed E-state index contributed by atoms with van der Waals surface area (Å²) in [6.45, 7) is 10.6. The fourth-order valence-electron chi connectivity index (χ4n) is 4.20. The number of rotatable bonds is 7. The van der Waals surface area contributed by atoms with Crippen molar-refractivity contribution in [2.45, 2.75) is 58.1 Å². The van der Waals surface area contributed by atoms with Gasteiger partial charge in [0, 0.05) is 12.3 Å². The van der Waals surface area contributed by atoms with Gasteiger partial charge in [-0.25, -0.2) is 9.78 Å². The number of aliphatic hydroxyl groups excluding tert-OH is 1. The summed E-state index contributed by atoms with van der Waals surface area (Å²) in [7, 11) is 1.39. The van der Waals surface area contributed by atoms with Crippen molar-refractivity contribution in [2.75, 3.05) is 7.11 Å². The van der Waals surface area contributed by atoms with E-state index in [1.807, 2.05) is 6.92 Å². The summed E-state index contributed by atoms with van der Waals surface area (Å²) in [5, 5.41) is 21.4. The third-order valence-corrected chi connectivity index (χ3v) is 6.14. The Hall–Kier alpha value is -4.07. The summed E-state index contributed by atoms with van der Waals surface area (Å²) in [5.74, 6) is -0.769. The number of hydrogen-bond donors (Lipinski definition) is 3. The van der Waals surface area contributed by atoms with Crippen LogP contribution in [0.15, 0.2) is 73.7 Å². The number of methoxy groups -OCH3 is 1. The van der Waals surface area contributed by atoms with E-state index in [2.05, 4.69) is 54.6 Å². The molecule has 1 aromatic heterocycles. The van der Waals surface area contributed by atoms with Crippen molar-refractivity contribution in [3.63, 3.8) is 0 Å². The second-order valence-corrected chi connectivity index (χ2v) is 9.24. The molecule has 1 aromatic carbocycles. The first-order valence-electron chi connectivity index (χ1n) is 12.6. The molecule has 3 atom stereocenters. The Bertz CT molecular complexity index is 1130. The molecular weight excluding hydrogens is 484 g/mol. The van der Waals surface area contributed by atoms with E-state index < -0.39 is 17.9 Å². The number of pyridine rings is 1. The Morgan fingerprint density at radius 3 is 2.55 bits per heavy atom. The largest absolute Gasteiger partial charge is 0.508 e. The van der Waals surface area contributed by atoms with Gasteiger partial charge in [0.25, 0.3) is 5.91 Å². The Morgan fingerprint density at radius 1 is 1.24 bits per heavy atom. The molecule has 2 aromatic rings. The lowest BCUT2D eigenvalue weighted by Crippen LogP contribution is -2.42. The molecule has 38 heavy (non-hydrogen) atoms. The predicted octanol–water partition coefficient (Wildman–Crippen LogP) is 5.37. The minimum Gasteiger partial charge on any atom is -0.508 e. The first-order valence-corrected chi connectivity index (χ1v) is 12.6. The average Bonchev–Trinajstić information content (AvgIpc) is 2.95. The molecule has 0 spiro atoms. The van der Waals surface area contributed by atoms with Crippen LogP contribution in [0.3, 0.4) is 0 Å². The molecule has 1 amide bonds. The number of esters is 1.